The van der Waals surface area contributed by atoms with Gasteiger partial charge >= 0.3 is 0 Å². The predicted molar refractivity (Wildman–Crippen MR) is 60.8 cm³/mol. The lowest BCUT2D eigenvalue weighted by atomic mass is 10.3. The van der Waals surface area contributed by atoms with Crippen molar-refractivity contribution in [1.82, 2.24) is 4.57 Å². The summed E-state index contributed by atoms with van der Waals surface area (Å²) < 4.78 is 7.39. The van der Waals surface area contributed by atoms with Crippen LogP contribution in [0.4, 0.5) is 0 Å². The molecule has 4 heteroatoms. The van der Waals surface area contributed by atoms with Gasteiger partial charge in [-0.05, 0) is 18.2 Å². The molecule has 0 aliphatic heterocycles. The third-order valence-electron chi connectivity index (χ3n) is 1.88. The molecule has 0 bridgehead atoms. The Morgan fingerprint density at radius 3 is 2.40 bits per heavy atom. The lowest BCUT2D eigenvalue weighted by Crippen LogP contribution is -1.91. The van der Waals surface area contributed by atoms with Gasteiger partial charge in [-0.3, -0.25) is 0 Å². The molecule has 0 unspecified atom stereocenters. The lowest BCUT2D eigenvalue weighted by molar-refractivity contribution is 0.443. The Balaban J connectivity index is 2.28. The quantitative estimate of drug-likeness (QED) is 0.777. The second-order valence-electron chi connectivity index (χ2n) is 3.10. The Hall–Kier alpha value is -1.12. The number of halogens is 2. The first-order chi connectivity index (χ1) is 7.15. The summed E-state index contributed by atoms with van der Waals surface area (Å²) >= 11 is 11.7. The van der Waals surface area contributed by atoms with E-state index in [0.29, 0.717) is 21.7 Å². The molecule has 2 aromatic rings. The van der Waals surface area contributed by atoms with E-state index in [1.165, 1.54) is 0 Å². The van der Waals surface area contributed by atoms with Gasteiger partial charge in [-0.15, -0.1) is 0 Å². The molecule has 0 atom stereocenters. The van der Waals surface area contributed by atoms with E-state index in [1.54, 1.807) is 30.5 Å². The zero-order valence-corrected chi connectivity index (χ0v) is 9.51. The fourth-order valence-corrected chi connectivity index (χ4v) is 1.70. The van der Waals surface area contributed by atoms with Crippen LogP contribution in [0.2, 0.25) is 10.0 Å². The molecular formula is C11H8Cl2NO. The lowest BCUT2D eigenvalue weighted by Gasteiger charge is -2.07. The predicted octanol–water partition coefficient (Wildman–Crippen LogP) is 3.92. The van der Waals surface area contributed by atoms with Gasteiger partial charge in [-0.25, -0.2) is 0 Å². The summed E-state index contributed by atoms with van der Waals surface area (Å²) in [4.78, 5) is 0. The molecule has 0 aliphatic carbocycles. The molecule has 1 radical (unpaired) electrons. The minimum atomic E-state index is 0.552. The van der Waals surface area contributed by atoms with Crippen LogP contribution in [0, 0.1) is 6.07 Å². The number of rotatable bonds is 2. The minimum absolute atomic E-state index is 0.552. The van der Waals surface area contributed by atoms with E-state index in [0.717, 1.165) is 0 Å². The standard InChI is InChI=1S/C11H8Cl2NO/c1-14-4-2-3-11(14)15-10-6-8(12)5-9(13)7-10/h3-7H,1H3. The Kier molecular flexibility index (Phi) is 2.89. The van der Waals surface area contributed by atoms with Crippen molar-refractivity contribution in [1.29, 1.82) is 0 Å². The van der Waals surface area contributed by atoms with E-state index in [2.05, 4.69) is 6.07 Å². The van der Waals surface area contributed by atoms with Gasteiger partial charge in [0.25, 0.3) is 0 Å². The summed E-state index contributed by atoms with van der Waals surface area (Å²) in [5.41, 5.74) is 0. The topological polar surface area (TPSA) is 14.2 Å². The van der Waals surface area contributed by atoms with Gasteiger partial charge in [0.1, 0.15) is 5.75 Å². The van der Waals surface area contributed by atoms with Gasteiger partial charge in [-0.2, -0.15) is 0 Å². The number of nitrogens with zero attached hydrogens (tertiary/aromatic N) is 1. The smallest absolute Gasteiger partial charge is 0.200 e. The normalized spacial score (nSPS) is 10.3. The van der Waals surface area contributed by atoms with Gasteiger partial charge in [0.2, 0.25) is 0 Å². The summed E-state index contributed by atoms with van der Waals surface area (Å²) in [5, 5.41) is 1.10. The largest absolute Gasteiger partial charge is 0.441 e. The van der Waals surface area contributed by atoms with Crippen LogP contribution >= 0.6 is 23.2 Å². The van der Waals surface area contributed by atoms with E-state index in [-0.39, 0.29) is 0 Å². The molecule has 0 saturated carbocycles. The molecule has 0 saturated heterocycles. The zero-order valence-electron chi connectivity index (χ0n) is 8.00. The first-order valence-electron chi connectivity index (χ1n) is 4.31. The van der Waals surface area contributed by atoms with Crippen LogP contribution in [0.3, 0.4) is 0 Å². The summed E-state index contributed by atoms with van der Waals surface area (Å²) in [6.45, 7) is 0. The van der Waals surface area contributed by atoms with Crippen molar-refractivity contribution in [3.05, 3.63) is 46.6 Å². The number of benzene rings is 1. The Morgan fingerprint density at radius 2 is 1.87 bits per heavy atom. The van der Waals surface area contributed by atoms with Crippen molar-refractivity contribution in [2.24, 2.45) is 7.05 Å². The monoisotopic (exact) mass is 240 g/mol. The number of hydrogen-bond donors (Lipinski definition) is 0. The molecule has 0 amide bonds. The maximum atomic E-state index is 5.85. The van der Waals surface area contributed by atoms with Crippen molar-refractivity contribution in [2.75, 3.05) is 0 Å². The summed E-state index contributed by atoms with van der Waals surface area (Å²) in [6.07, 6.45) is 1.78. The molecule has 2 rings (SSSR count). The Labute approximate surface area is 98.0 Å². The zero-order chi connectivity index (χ0) is 10.8. The highest BCUT2D eigenvalue weighted by molar-refractivity contribution is 6.34. The van der Waals surface area contributed by atoms with Crippen molar-refractivity contribution in [2.45, 2.75) is 0 Å². The third kappa shape index (κ3) is 2.46. The van der Waals surface area contributed by atoms with Gasteiger partial charge in [0.05, 0.1) is 0 Å². The number of aromatic nitrogens is 1. The molecule has 15 heavy (non-hydrogen) atoms. The minimum Gasteiger partial charge on any atom is -0.441 e. The molecule has 1 heterocycles. The van der Waals surface area contributed by atoms with Crippen LogP contribution in [0.1, 0.15) is 0 Å². The third-order valence-corrected chi connectivity index (χ3v) is 2.32. The SMILES string of the molecule is Cn1c[c]cc1Oc1cc(Cl)cc(Cl)c1. The number of aryl methyl sites for hydroxylation is 1. The highest BCUT2D eigenvalue weighted by atomic mass is 35.5. The van der Waals surface area contributed by atoms with E-state index in [9.17, 15) is 0 Å². The maximum absolute atomic E-state index is 5.85. The Morgan fingerprint density at radius 1 is 1.20 bits per heavy atom. The molecule has 1 aromatic heterocycles. The highest BCUT2D eigenvalue weighted by Crippen LogP contribution is 2.27. The molecular weight excluding hydrogens is 233 g/mol. The van der Waals surface area contributed by atoms with Crippen molar-refractivity contribution >= 4 is 23.2 Å². The maximum Gasteiger partial charge on any atom is 0.200 e. The summed E-state index contributed by atoms with van der Waals surface area (Å²) in [7, 11) is 1.87. The van der Waals surface area contributed by atoms with Gasteiger partial charge in [-0.1, -0.05) is 23.2 Å². The van der Waals surface area contributed by atoms with Gasteiger partial charge < -0.3 is 9.30 Å². The molecule has 2 nitrogen and oxygen atoms in total. The van der Waals surface area contributed by atoms with Gasteiger partial charge in [0, 0.05) is 35.4 Å². The van der Waals surface area contributed by atoms with Crippen LogP contribution < -0.4 is 4.74 Å². The van der Waals surface area contributed by atoms with Crippen LogP contribution in [-0.2, 0) is 7.05 Å². The molecule has 0 aliphatic rings. The summed E-state index contributed by atoms with van der Waals surface area (Å²) in [5.74, 6) is 1.30. The van der Waals surface area contributed by atoms with Crippen LogP contribution in [0.15, 0.2) is 30.5 Å². The van der Waals surface area contributed by atoms with E-state index in [4.69, 9.17) is 27.9 Å². The van der Waals surface area contributed by atoms with Crippen LogP contribution in [-0.4, -0.2) is 4.57 Å². The molecule has 1 aromatic carbocycles. The molecule has 0 spiro atoms. The Bertz CT molecular complexity index is 459. The fraction of sp³-hybridized carbons (Fsp3) is 0.0909. The second kappa shape index (κ2) is 4.17. The number of hydrogen-bond acceptors (Lipinski definition) is 1. The number of ether oxygens (including phenoxy) is 1. The van der Waals surface area contributed by atoms with Crippen molar-refractivity contribution in [3.63, 3.8) is 0 Å². The first kappa shape index (κ1) is 10.4. The van der Waals surface area contributed by atoms with E-state index < -0.39 is 0 Å². The van der Waals surface area contributed by atoms with E-state index in [1.807, 2.05) is 11.6 Å². The van der Waals surface area contributed by atoms with Crippen molar-refractivity contribution in [3.8, 4) is 11.6 Å². The second-order valence-corrected chi connectivity index (χ2v) is 3.97. The van der Waals surface area contributed by atoms with Gasteiger partial charge in [0.15, 0.2) is 5.88 Å². The van der Waals surface area contributed by atoms with Crippen molar-refractivity contribution < 1.29 is 4.74 Å². The highest BCUT2D eigenvalue weighted by Gasteiger charge is 2.03. The average Bonchev–Trinajstić information content (AvgIpc) is 2.50. The van der Waals surface area contributed by atoms with Crippen LogP contribution in [0.5, 0.6) is 11.6 Å². The van der Waals surface area contributed by atoms with E-state index >= 15 is 0 Å². The first-order valence-corrected chi connectivity index (χ1v) is 5.07. The fourth-order valence-electron chi connectivity index (χ4n) is 1.20. The molecule has 0 fully saturated rings. The molecule has 77 valence electrons. The summed E-state index contributed by atoms with van der Waals surface area (Å²) in [6, 6.07) is 9.74. The van der Waals surface area contributed by atoms with Crippen LogP contribution in [0.25, 0.3) is 0 Å². The molecule has 0 N–H and O–H groups in total. The average molecular weight is 241 g/mol.